The topological polar surface area (TPSA) is 29.1 Å². The normalized spacial score (nSPS) is 17.7. The molecule has 1 aromatic carbocycles. The molecule has 1 amide bonds. The van der Waals surface area contributed by atoms with E-state index in [4.69, 9.17) is 11.6 Å². The van der Waals surface area contributed by atoms with Gasteiger partial charge < -0.3 is 5.32 Å². The lowest BCUT2D eigenvalue weighted by atomic mass is 9.91. The van der Waals surface area contributed by atoms with Crippen molar-refractivity contribution in [3.63, 3.8) is 0 Å². The molecule has 1 aliphatic carbocycles. The quantitative estimate of drug-likeness (QED) is 0.834. The van der Waals surface area contributed by atoms with Crippen LogP contribution in [-0.4, -0.2) is 11.8 Å². The van der Waals surface area contributed by atoms with Crippen LogP contribution < -0.4 is 5.32 Å². The highest BCUT2D eigenvalue weighted by Gasteiger charge is 2.27. The lowest BCUT2D eigenvalue weighted by Gasteiger charge is -2.25. The summed E-state index contributed by atoms with van der Waals surface area (Å²) in [6, 6.07) is 6.31. The Hall–Kier alpha value is -1.09. The van der Waals surface area contributed by atoms with Crippen LogP contribution in [0.25, 0.3) is 0 Å². The summed E-state index contributed by atoms with van der Waals surface area (Å²) in [5.74, 6) is -0.0298. The Morgan fingerprint density at radius 1 is 1.33 bits per heavy atom. The molecule has 0 bridgehead atoms. The first-order chi connectivity index (χ1) is 8.70. The predicted octanol–water partition coefficient (Wildman–Crippen LogP) is 3.41. The van der Waals surface area contributed by atoms with Gasteiger partial charge in [-0.2, -0.15) is 0 Å². The summed E-state index contributed by atoms with van der Waals surface area (Å²) in [6.07, 6.45) is 4.59. The number of hydrogen-bond donors (Lipinski definition) is 1. The van der Waals surface area contributed by atoms with Gasteiger partial charge in [0.1, 0.15) is 11.7 Å². The van der Waals surface area contributed by atoms with Gasteiger partial charge in [-0.05, 0) is 36.5 Å². The lowest BCUT2D eigenvalue weighted by Crippen LogP contribution is -2.33. The Morgan fingerprint density at radius 3 is 2.50 bits per heavy atom. The maximum atomic E-state index is 12.9. The number of carbonyl (C=O) groups is 1. The second-order valence-electron chi connectivity index (χ2n) is 4.77. The van der Waals surface area contributed by atoms with Crippen LogP contribution in [0.2, 0.25) is 0 Å². The second-order valence-corrected chi connectivity index (χ2v) is 5.04. The summed E-state index contributed by atoms with van der Waals surface area (Å²) in [5, 5.41) is 2.95. The summed E-state index contributed by atoms with van der Waals surface area (Å²) < 4.78 is 12.9. The number of rotatable bonds is 4. The number of hydrogen-bond acceptors (Lipinski definition) is 1. The van der Waals surface area contributed by atoms with Gasteiger partial charge in [0.2, 0.25) is 5.91 Å². The first-order valence-corrected chi connectivity index (χ1v) is 6.85. The van der Waals surface area contributed by atoms with Crippen LogP contribution in [-0.2, 0) is 4.79 Å². The number of carbonyl (C=O) groups excluding carboxylic acids is 1. The van der Waals surface area contributed by atoms with Crippen molar-refractivity contribution in [3.05, 3.63) is 35.6 Å². The third-order valence-corrected chi connectivity index (χ3v) is 3.78. The van der Waals surface area contributed by atoms with E-state index in [2.05, 4.69) is 5.32 Å². The maximum Gasteiger partial charge on any atom is 0.235 e. The van der Waals surface area contributed by atoms with Crippen LogP contribution in [0.15, 0.2) is 24.3 Å². The standard InChI is InChI=1S/C14H17ClFNO/c15-9-13(18)17-14(10-3-1-2-4-10)11-5-7-12(16)8-6-11/h5-8,10,14H,1-4,9H2,(H,17,18)/t14-/m0/s1. The molecule has 0 radical (unpaired) electrons. The van der Waals surface area contributed by atoms with Gasteiger partial charge in [0.25, 0.3) is 0 Å². The highest BCUT2D eigenvalue weighted by atomic mass is 35.5. The number of alkyl halides is 1. The van der Waals surface area contributed by atoms with Gasteiger partial charge in [0.15, 0.2) is 0 Å². The Bertz CT molecular complexity index is 401. The monoisotopic (exact) mass is 269 g/mol. The van der Waals surface area contributed by atoms with Crippen LogP contribution in [0.5, 0.6) is 0 Å². The van der Waals surface area contributed by atoms with Gasteiger partial charge in [-0.25, -0.2) is 4.39 Å². The first-order valence-electron chi connectivity index (χ1n) is 6.31. The molecule has 2 rings (SSSR count). The summed E-state index contributed by atoms with van der Waals surface area (Å²) >= 11 is 5.54. The third-order valence-electron chi connectivity index (χ3n) is 3.54. The van der Waals surface area contributed by atoms with Crippen molar-refractivity contribution in [3.8, 4) is 0 Å². The largest absolute Gasteiger partial charge is 0.348 e. The highest BCUT2D eigenvalue weighted by molar-refractivity contribution is 6.27. The molecule has 2 nitrogen and oxygen atoms in total. The van der Waals surface area contributed by atoms with E-state index in [1.165, 1.54) is 25.0 Å². The van der Waals surface area contributed by atoms with Gasteiger partial charge in [0, 0.05) is 0 Å². The van der Waals surface area contributed by atoms with Crippen LogP contribution in [0.3, 0.4) is 0 Å². The van der Waals surface area contributed by atoms with Gasteiger partial charge in [-0.15, -0.1) is 11.6 Å². The van der Waals surface area contributed by atoms with Crippen molar-refractivity contribution >= 4 is 17.5 Å². The Kier molecular flexibility index (Phi) is 4.59. The van der Waals surface area contributed by atoms with Crippen LogP contribution in [0.1, 0.15) is 37.3 Å². The smallest absolute Gasteiger partial charge is 0.235 e. The Balaban J connectivity index is 2.17. The van der Waals surface area contributed by atoms with Crippen molar-refractivity contribution < 1.29 is 9.18 Å². The molecular weight excluding hydrogens is 253 g/mol. The molecule has 0 spiro atoms. The fraction of sp³-hybridized carbons (Fsp3) is 0.500. The minimum atomic E-state index is -0.257. The predicted molar refractivity (Wildman–Crippen MR) is 70.0 cm³/mol. The summed E-state index contributed by atoms with van der Waals surface area (Å²) in [7, 11) is 0. The molecule has 0 aliphatic heterocycles. The zero-order valence-electron chi connectivity index (χ0n) is 10.2. The average Bonchev–Trinajstić information content (AvgIpc) is 2.90. The molecule has 1 atom stereocenters. The van der Waals surface area contributed by atoms with Crippen molar-refractivity contribution in [2.45, 2.75) is 31.7 Å². The van der Waals surface area contributed by atoms with Gasteiger partial charge >= 0.3 is 0 Å². The molecule has 18 heavy (non-hydrogen) atoms. The molecular formula is C14H17ClFNO. The Morgan fingerprint density at radius 2 is 1.94 bits per heavy atom. The molecule has 98 valence electrons. The molecule has 1 saturated carbocycles. The summed E-state index contributed by atoms with van der Waals surface area (Å²) in [4.78, 5) is 11.5. The van der Waals surface area contributed by atoms with E-state index in [1.807, 2.05) is 0 Å². The molecule has 0 unspecified atom stereocenters. The van der Waals surface area contributed by atoms with Gasteiger partial charge in [-0.1, -0.05) is 25.0 Å². The van der Waals surface area contributed by atoms with E-state index >= 15 is 0 Å². The number of nitrogens with one attached hydrogen (secondary N) is 1. The van der Waals surface area contributed by atoms with Crippen molar-refractivity contribution in [1.82, 2.24) is 5.32 Å². The van der Waals surface area contributed by atoms with Crippen molar-refractivity contribution in [2.75, 3.05) is 5.88 Å². The van der Waals surface area contributed by atoms with E-state index in [0.29, 0.717) is 5.92 Å². The zero-order valence-corrected chi connectivity index (χ0v) is 10.9. The van der Waals surface area contributed by atoms with E-state index in [0.717, 1.165) is 18.4 Å². The first kappa shape index (κ1) is 13.3. The van der Waals surface area contributed by atoms with Crippen LogP contribution in [0, 0.1) is 11.7 Å². The van der Waals surface area contributed by atoms with Crippen molar-refractivity contribution in [2.24, 2.45) is 5.92 Å². The molecule has 0 heterocycles. The van der Waals surface area contributed by atoms with Gasteiger partial charge in [-0.3, -0.25) is 4.79 Å². The summed E-state index contributed by atoms with van der Waals surface area (Å²) in [6.45, 7) is 0. The molecule has 0 aromatic heterocycles. The van der Waals surface area contributed by atoms with E-state index in [9.17, 15) is 9.18 Å². The number of benzene rings is 1. The third kappa shape index (κ3) is 3.22. The fourth-order valence-electron chi connectivity index (χ4n) is 2.65. The van der Waals surface area contributed by atoms with Gasteiger partial charge in [0.05, 0.1) is 6.04 Å². The molecule has 4 heteroatoms. The van der Waals surface area contributed by atoms with Crippen LogP contribution >= 0.6 is 11.6 Å². The Labute approximate surface area is 112 Å². The highest BCUT2D eigenvalue weighted by Crippen LogP contribution is 2.35. The van der Waals surface area contributed by atoms with E-state index < -0.39 is 0 Å². The zero-order chi connectivity index (χ0) is 13.0. The van der Waals surface area contributed by atoms with E-state index in [-0.39, 0.29) is 23.6 Å². The number of halogens is 2. The van der Waals surface area contributed by atoms with E-state index in [1.54, 1.807) is 12.1 Å². The van der Waals surface area contributed by atoms with Crippen LogP contribution in [0.4, 0.5) is 4.39 Å². The second kappa shape index (κ2) is 6.19. The SMILES string of the molecule is O=C(CCl)N[C@H](c1ccc(F)cc1)C1CCCC1. The van der Waals surface area contributed by atoms with Crippen molar-refractivity contribution in [1.29, 1.82) is 0 Å². The summed E-state index contributed by atoms with van der Waals surface area (Å²) in [5.41, 5.74) is 0.960. The molecule has 1 fully saturated rings. The molecule has 1 aromatic rings. The minimum Gasteiger partial charge on any atom is -0.348 e. The molecule has 1 N–H and O–H groups in total. The maximum absolute atomic E-state index is 12.9. The molecule has 0 saturated heterocycles. The average molecular weight is 270 g/mol. The minimum absolute atomic E-state index is 0.0373. The molecule has 1 aliphatic rings. The fourth-order valence-corrected chi connectivity index (χ4v) is 2.72. The number of amides is 1. The lowest BCUT2D eigenvalue weighted by molar-refractivity contribution is -0.119.